The van der Waals surface area contributed by atoms with E-state index in [2.05, 4.69) is 48.5 Å². The maximum atomic E-state index is 13.1. The summed E-state index contributed by atoms with van der Waals surface area (Å²) < 4.78 is 68.8. The van der Waals surface area contributed by atoms with Gasteiger partial charge in [-0.25, -0.2) is 9.13 Å². The summed E-state index contributed by atoms with van der Waals surface area (Å²) in [5.74, 6) is 0.291. The van der Waals surface area contributed by atoms with Crippen LogP contribution in [0.3, 0.4) is 0 Å². The smallest absolute Gasteiger partial charge is 0.462 e. The quantitative estimate of drug-likeness (QED) is 0.0222. The van der Waals surface area contributed by atoms with Gasteiger partial charge in [0.2, 0.25) is 0 Å². The number of ether oxygens (including phenoxy) is 4. The van der Waals surface area contributed by atoms with Gasteiger partial charge >= 0.3 is 39.5 Å². The highest BCUT2D eigenvalue weighted by atomic mass is 31.2. The lowest BCUT2D eigenvalue weighted by molar-refractivity contribution is -0.161. The molecule has 0 spiro atoms. The van der Waals surface area contributed by atoms with Crippen LogP contribution in [0.1, 0.15) is 440 Å². The molecule has 0 saturated heterocycles. The predicted molar refractivity (Wildman–Crippen MR) is 423 cm³/mol. The van der Waals surface area contributed by atoms with E-state index in [9.17, 15) is 43.2 Å². The topological polar surface area (TPSA) is 237 Å². The Labute approximate surface area is 632 Å². The van der Waals surface area contributed by atoms with Crippen molar-refractivity contribution in [2.45, 2.75) is 458 Å². The molecule has 17 nitrogen and oxygen atoms in total. The molecule has 0 aliphatic heterocycles. The lowest BCUT2D eigenvalue weighted by atomic mass is 9.99. The molecule has 0 aromatic rings. The first-order valence-corrected chi connectivity index (χ1v) is 46.4. The van der Waals surface area contributed by atoms with E-state index in [0.717, 1.165) is 108 Å². The van der Waals surface area contributed by atoms with E-state index in [1.54, 1.807) is 0 Å². The Morgan fingerprint density at radius 3 is 0.738 bits per heavy atom. The van der Waals surface area contributed by atoms with E-state index in [1.165, 1.54) is 250 Å². The third-order valence-electron chi connectivity index (χ3n) is 20.0. The molecule has 0 heterocycles. The number of aliphatic hydroxyl groups excluding tert-OH is 1. The van der Waals surface area contributed by atoms with Gasteiger partial charge in [0.1, 0.15) is 19.3 Å². The molecule has 0 aromatic heterocycles. The number of carbonyl (C=O) groups excluding carboxylic acids is 4. The first-order chi connectivity index (χ1) is 49.8. The van der Waals surface area contributed by atoms with Crippen LogP contribution >= 0.6 is 15.6 Å². The first-order valence-electron chi connectivity index (χ1n) is 43.4. The number of hydrogen-bond donors (Lipinski definition) is 3. The zero-order chi connectivity index (χ0) is 75.8. The van der Waals surface area contributed by atoms with Gasteiger partial charge in [0.25, 0.3) is 0 Å². The Bertz CT molecular complexity index is 1990. The van der Waals surface area contributed by atoms with Crippen LogP contribution in [0.5, 0.6) is 0 Å². The minimum Gasteiger partial charge on any atom is -0.462 e. The van der Waals surface area contributed by atoms with Gasteiger partial charge in [0.05, 0.1) is 26.4 Å². The zero-order valence-electron chi connectivity index (χ0n) is 67.8. The maximum absolute atomic E-state index is 13.1. The van der Waals surface area contributed by atoms with E-state index < -0.39 is 97.5 Å². The number of rotatable bonds is 82. The summed E-state index contributed by atoms with van der Waals surface area (Å²) in [6.45, 7) is 12.0. The number of carbonyl (C=O) groups is 4. The summed E-state index contributed by atoms with van der Waals surface area (Å²) in [6, 6.07) is 0. The molecule has 0 aliphatic rings. The van der Waals surface area contributed by atoms with Crippen LogP contribution in [0.2, 0.25) is 0 Å². The molecule has 19 heteroatoms. The van der Waals surface area contributed by atoms with Gasteiger partial charge in [-0.3, -0.25) is 37.3 Å². The van der Waals surface area contributed by atoms with E-state index >= 15 is 0 Å². The van der Waals surface area contributed by atoms with Crippen molar-refractivity contribution in [1.82, 2.24) is 0 Å². The molecule has 0 aliphatic carbocycles. The van der Waals surface area contributed by atoms with Crippen LogP contribution in [0.25, 0.3) is 0 Å². The fourth-order valence-corrected chi connectivity index (χ4v) is 14.6. The second-order valence-corrected chi connectivity index (χ2v) is 34.3. The highest BCUT2D eigenvalue weighted by molar-refractivity contribution is 7.47. The van der Waals surface area contributed by atoms with Crippen LogP contribution in [-0.4, -0.2) is 96.7 Å². The fourth-order valence-electron chi connectivity index (χ4n) is 13.0. The molecule has 0 radical (unpaired) electrons. The van der Waals surface area contributed by atoms with Crippen molar-refractivity contribution in [3.63, 3.8) is 0 Å². The van der Waals surface area contributed by atoms with Crippen LogP contribution in [-0.2, 0) is 65.4 Å². The molecule has 103 heavy (non-hydrogen) atoms. The average molecular weight is 1510 g/mol. The van der Waals surface area contributed by atoms with Crippen molar-refractivity contribution in [2.24, 2.45) is 17.8 Å². The zero-order valence-corrected chi connectivity index (χ0v) is 69.6. The normalized spacial score (nSPS) is 14.2. The number of phosphoric ester groups is 2. The Balaban J connectivity index is 5.24. The Hall–Kier alpha value is -1.94. The van der Waals surface area contributed by atoms with Gasteiger partial charge in [-0.2, -0.15) is 0 Å². The van der Waals surface area contributed by atoms with Crippen molar-refractivity contribution in [3.8, 4) is 0 Å². The number of hydrogen-bond acceptors (Lipinski definition) is 15. The van der Waals surface area contributed by atoms with Gasteiger partial charge in [-0.15, -0.1) is 0 Å². The van der Waals surface area contributed by atoms with Crippen molar-refractivity contribution in [1.29, 1.82) is 0 Å². The first kappa shape index (κ1) is 101. The van der Waals surface area contributed by atoms with Gasteiger partial charge in [-0.1, -0.05) is 389 Å². The van der Waals surface area contributed by atoms with Crippen molar-refractivity contribution in [3.05, 3.63) is 0 Å². The van der Waals surface area contributed by atoms with E-state index in [0.29, 0.717) is 25.7 Å². The van der Waals surface area contributed by atoms with E-state index in [1.807, 2.05) is 0 Å². The molecule has 0 fully saturated rings. The Morgan fingerprint density at radius 2 is 0.495 bits per heavy atom. The Morgan fingerprint density at radius 1 is 0.282 bits per heavy atom. The van der Waals surface area contributed by atoms with Crippen LogP contribution < -0.4 is 0 Å². The highest BCUT2D eigenvalue weighted by Gasteiger charge is 2.30. The predicted octanol–water partition coefficient (Wildman–Crippen LogP) is 25.3. The molecule has 3 N–H and O–H groups in total. The second kappa shape index (κ2) is 74.2. The van der Waals surface area contributed by atoms with E-state index in [4.69, 9.17) is 37.0 Å². The molecule has 6 atom stereocenters. The van der Waals surface area contributed by atoms with Gasteiger partial charge < -0.3 is 33.8 Å². The molecule has 0 saturated carbocycles. The molecular formula is C84H164O17P2. The summed E-state index contributed by atoms with van der Waals surface area (Å²) in [5, 5.41) is 10.7. The van der Waals surface area contributed by atoms with E-state index in [-0.39, 0.29) is 25.7 Å². The second-order valence-electron chi connectivity index (χ2n) is 31.4. The minimum atomic E-state index is -4.97. The largest absolute Gasteiger partial charge is 0.472 e. The lowest BCUT2D eigenvalue weighted by Crippen LogP contribution is -2.30. The minimum absolute atomic E-state index is 0.107. The number of unbranched alkanes of at least 4 members (excludes halogenated alkanes) is 49. The van der Waals surface area contributed by atoms with Crippen molar-refractivity contribution in [2.75, 3.05) is 39.6 Å². The maximum Gasteiger partial charge on any atom is 0.472 e. The lowest BCUT2D eigenvalue weighted by Gasteiger charge is -2.21. The third-order valence-corrected chi connectivity index (χ3v) is 21.9. The molecule has 0 amide bonds. The fraction of sp³-hybridized carbons (Fsp3) is 0.952. The number of aliphatic hydroxyl groups is 1. The van der Waals surface area contributed by atoms with Crippen molar-refractivity contribution >= 4 is 39.5 Å². The standard InChI is InChI=1S/C84H164O17P2/c1-8-10-11-12-13-14-15-24-32-37-46-53-60-67-83(88)101-80(72-95-82(87)66-59-52-45-40-39-43-50-57-64-77(7)9-2)74-99-103(92,93)97-70-78(85)69-96-102(90,91)98-73-79(71-94-81(86)65-58-51-44-36-31-27-23-22-26-30-35-42-49-56-63-76(5)6)100-84(89)68-61-54-47-38-33-28-21-19-17-16-18-20-25-29-34-41-48-55-62-75(3)4/h75-80,85H,8-74H2,1-7H3,(H,90,91)(H,92,93)/t77?,78-,79-,80-/m1/s1. The number of phosphoric acid groups is 2. The summed E-state index contributed by atoms with van der Waals surface area (Å²) in [6.07, 6.45) is 63.7. The molecule has 3 unspecified atom stereocenters. The van der Waals surface area contributed by atoms with Crippen molar-refractivity contribution < 1.29 is 80.2 Å². The van der Waals surface area contributed by atoms with Crippen LogP contribution in [0, 0.1) is 17.8 Å². The van der Waals surface area contributed by atoms with Gasteiger partial charge in [0, 0.05) is 25.7 Å². The Kier molecular flexibility index (Phi) is 72.8. The SMILES string of the molecule is CCCCCCCCCCCCCCCC(=O)O[C@H](COC(=O)CCCCCCCCCCC(C)CC)COP(=O)(O)OC[C@H](O)COP(=O)(O)OC[C@@H](COC(=O)CCCCCCCCCCCCCCCCC(C)C)OC(=O)CCCCCCCCCCCCCCCCCCCCC(C)C. The van der Waals surface area contributed by atoms with Gasteiger partial charge in [-0.05, 0) is 43.4 Å². The summed E-state index contributed by atoms with van der Waals surface area (Å²) in [5.41, 5.74) is 0. The summed E-state index contributed by atoms with van der Waals surface area (Å²) in [7, 11) is -9.93. The van der Waals surface area contributed by atoms with Crippen LogP contribution in [0.4, 0.5) is 0 Å². The summed E-state index contributed by atoms with van der Waals surface area (Å²) in [4.78, 5) is 73.2. The van der Waals surface area contributed by atoms with Gasteiger partial charge in [0.15, 0.2) is 12.2 Å². The molecule has 0 aromatic carbocycles. The molecule has 612 valence electrons. The molecule has 0 rings (SSSR count). The highest BCUT2D eigenvalue weighted by Crippen LogP contribution is 2.45. The number of esters is 4. The molecular weight excluding hydrogens is 1340 g/mol. The third kappa shape index (κ3) is 76.6. The summed E-state index contributed by atoms with van der Waals surface area (Å²) >= 11 is 0. The van der Waals surface area contributed by atoms with Crippen LogP contribution in [0.15, 0.2) is 0 Å². The monoisotopic (exact) mass is 1510 g/mol. The average Bonchev–Trinajstić information content (AvgIpc) is 0.908. The molecule has 0 bridgehead atoms.